The van der Waals surface area contributed by atoms with Gasteiger partial charge < -0.3 is 14.5 Å². The van der Waals surface area contributed by atoms with Crippen molar-refractivity contribution in [2.45, 2.75) is 13.5 Å². The van der Waals surface area contributed by atoms with Crippen LogP contribution in [-0.2, 0) is 16.1 Å². The van der Waals surface area contributed by atoms with E-state index in [9.17, 15) is 14.9 Å². The smallest absolute Gasteiger partial charge is 0.338 e. The Morgan fingerprint density at radius 3 is 2.63 bits per heavy atom. The van der Waals surface area contributed by atoms with Crippen molar-refractivity contribution in [3.63, 3.8) is 0 Å². The number of carbonyl (C=O) groups is 2. The standard InChI is InChI=1S/C24H20N2O4/c1-2-29-24(28)19-10-6-9-18(13-19)22-12-11-21(30-22)14-20(15-25)23(27)26-16-17-7-4-3-5-8-17/h3-14H,2,16H2,1H3,(H,26,27)/b20-14+. The molecule has 30 heavy (non-hydrogen) atoms. The monoisotopic (exact) mass is 400 g/mol. The van der Waals surface area contributed by atoms with Crippen molar-refractivity contribution in [3.05, 3.63) is 89.2 Å². The van der Waals surface area contributed by atoms with Gasteiger partial charge in [0.05, 0.1) is 12.2 Å². The first kappa shape index (κ1) is 20.6. The third kappa shape index (κ3) is 5.24. The minimum atomic E-state index is -0.483. The van der Waals surface area contributed by atoms with Crippen LogP contribution >= 0.6 is 0 Å². The van der Waals surface area contributed by atoms with Crippen LogP contribution in [0, 0.1) is 11.3 Å². The normalized spacial score (nSPS) is 10.9. The summed E-state index contributed by atoms with van der Waals surface area (Å²) in [5.41, 5.74) is 1.98. The highest BCUT2D eigenvalue weighted by Crippen LogP contribution is 2.24. The van der Waals surface area contributed by atoms with Gasteiger partial charge in [-0.25, -0.2) is 4.79 Å². The lowest BCUT2D eigenvalue weighted by Gasteiger charge is -2.04. The highest BCUT2D eigenvalue weighted by Gasteiger charge is 2.12. The lowest BCUT2D eigenvalue weighted by atomic mass is 10.1. The number of hydrogen-bond acceptors (Lipinski definition) is 5. The summed E-state index contributed by atoms with van der Waals surface area (Å²) in [6.07, 6.45) is 1.39. The van der Waals surface area contributed by atoms with Crippen molar-refractivity contribution in [1.82, 2.24) is 5.32 Å². The number of amides is 1. The number of rotatable bonds is 7. The van der Waals surface area contributed by atoms with Crippen LogP contribution in [0.5, 0.6) is 0 Å². The Morgan fingerprint density at radius 2 is 1.90 bits per heavy atom. The molecule has 6 nitrogen and oxygen atoms in total. The summed E-state index contributed by atoms with van der Waals surface area (Å²) in [5, 5.41) is 12.1. The van der Waals surface area contributed by atoms with Crippen molar-refractivity contribution in [2.24, 2.45) is 0 Å². The van der Waals surface area contributed by atoms with Gasteiger partial charge in [0.25, 0.3) is 5.91 Å². The molecule has 1 aromatic heterocycles. The molecule has 0 spiro atoms. The summed E-state index contributed by atoms with van der Waals surface area (Å²) in [4.78, 5) is 24.2. The van der Waals surface area contributed by atoms with Gasteiger partial charge >= 0.3 is 5.97 Å². The largest absolute Gasteiger partial charge is 0.462 e. The summed E-state index contributed by atoms with van der Waals surface area (Å²) >= 11 is 0. The molecule has 0 unspecified atom stereocenters. The maximum Gasteiger partial charge on any atom is 0.338 e. The molecule has 6 heteroatoms. The second-order valence-corrected chi connectivity index (χ2v) is 6.34. The molecule has 0 bridgehead atoms. The Hall–Kier alpha value is -4.11. The number of benzene rings is 2. The number of carbonyl (C=O) groups excluding carboxylic acids is 2. The lowest BCUT2D eigenvalue weighted by molar-refractivity contribution is -0.117. The average molecular weight is 400 g/mol. The lowest BCUT2D eigenvalue weighted by Crippen LogP contribution is -2.23. The van der Waals surface area contributed by atoms with E-state index in [-0.39, 0.29) is 5.57 Å². The molecule has 0 aliphatic rings. The highest BCUT2D eigenvalue weighted by molar-refractivity contribution is 6.01. The van der Waals surface area contributed by atoms with E-state index in [0.717, 1.165) is 5.56 Å². The van der Waals surface area contributed by atoms with E-state index in [0.29, 0.717) is 35.8 Å². The summed E-state index contributed by atoms with van der Waals surface area (Å²) < 4.78 is 10.8. The van der Waals surface area contributed by atoms with E-state index in [2.05, 4.69) is 5.32 Å². The van der Waals surface area contributed by atoms with E-state index in [4.69, 9.17) is 9.15 Å². The average Bonchev–Trinajstić information content (AvgIpc) is 3.25. The van der Waals surface area contributed by atoms with Crippen molar-refractivity contribution in [1.29, 1.82) is 5.26 Å². The Morgan fingerprint density at radius 1 is 1.10 bits per heavy atom. The van der Waals surface area contributed by atoms with E-state index in [1.807, 2.05) is 36.4 Å². The molecule has 1 amide bonds. The molecule has 3 rings (SSSR count). The minimum absolute atomic E-state index is 0.0629. The maximum absolute atomic E-state index is 12.3. The van der Waals surface area contributed by atoms with Gasteiger partial charge in [0, 0.05) is 18.2 Å². The second kappa shape index (κ2) is 9.89. The molecule has 2 aromatic carbocycles. The van der Waals surface area contributed by atoms with Gasteiger partial charge in [-0.3, -0.25) is 4.79 Å². The van der Waals surface area contributed by atoms with E-state index in [1.165, 1.54) is 6.08 Å². The molecule has 0 saturated carbocycles. The number of esters is 1. The predicted octanol–water partition coefficient (Wildman–Crippen LogP) is 4.35. The van der Waals surface area contributed by atoms with Gasteiger partial charge in [0.15, 0.2) is 0 Å². The summed E-state index contributed by atoms with van der Waals surface area (Å²) in [7, 11) is 0. The molecule has 1 N–H and O–H groups in total. The Kier molecular flexibility index (Phi) is 6.80. The molecule has 1 heterocycles. The van der Waals surface area contributed by atoms with Gasteiger partial charge in [0.1, 0.15) is 23.2 Å². The van der Waals surface area contributed by atoms with Crippen LogP contribution in [0.1, 0.15) is 28.6 Å². The van der Waals surface area contributed by atoms with E-state index in [1.54, 1.807) is 43.3 Å². The number of nitriles is 1. The van der Waals surface area contributed by atoms with Crippen LogP contribution in [0.15, 0.2) is 76.7 Å². The number of furan rings is 1. The second-order valence-electron chi connectivity index (χ2n) is 6.34. The van der Waals surface area contributed by atoms with Crippen LogP contribution < -0.4 is 5.32 Å². The first-order chi connectivity index (χ1) is 14.6. The minimum Gasteiger partial charge on any atom is -0.462 e. The molecule has 3 aromatic rings. The van der Waals surface area contributed by atoms with Crippen LogP contribution in [0.2, 0.25) is 0 Å². The van der Waals surface area contributed by atoms with E-state index < -0.39 is 11.9 Å². The number of nitrogens with one attached hydrogen (secondary N) is 1. The zero-order valence-electron chi connectivity index (χ0n) is 16.4. The fourth-order valence-electron chi connectivity index (χ4n) is 2.76. The quantitative estimate of drug-likeness (QED) is 0.362. The summed E-state index contributed by atoms with van der Waals surface area (Å²) in [5.74, 6) is -0.0242. The van der Waals surface area contributed by atoms with Crippen LogP contribution in [0.3, 0.4) is 0 Å². The zero-order chi connectivity index (χ0) is 21.3. The molecular formula is C24H20N2O4. The van der Waals surface area contributed by atoms with Gasteiger partial charge in [-0.05, 0) is 36.8 Å². The fraction of sp³-hybridized carbons (Fsp3) is 0.125. The van der Waals surface area contributed by atoms with Gasteiger partial charge in [-0.1, -0.05) is 42.5 Å². The first-order valence-corrected chi connectivity index (χ1v) is 9.42. The molecule has 0 aliphatic carbocycles. The van der Waals surface area contributed by atoms with E-state index >= 15 is 0 Å². The Bertz CT molecular complexity index is 1110. The van der Waals surface area contributed by atoms with Gasteiger partial charge in [-0.2, -0.15) is 5.26 Å². The van der Waals surface area contributed by atoms with Crippen LogP contribution in [-0.4, -0.2) is 18.5 Å². The third-order valence-electron chi connectivity index (χ3n) is 4.23. The topological polar surface area (TPSA) is 92.3 Å². The summed E-state index contributed by atoms with van der Waals surface area (Å²) in [6.45, 7) is 2.36. The molecule has 150 valence electrons. The zero-order valence-corrected chi connectivity index (χ0v) is 16.4. The van der Waals surface area contributed by atoms with Gasteiger partial charge in [-0.15, -0.1) is 0 Å². The van der Waals surface area contributed by atoms with Gasteiger partial charge in [0.2, 0.25) is 0 Å². The fourth-order valence-corrected chi connectivity index (χ4v) is 2.76. The highest BCUT2D eigenvalue weighted by atomic mass is 16.5. The SMILES string of the molecule is CCOC(=O)c1cccc(-c2ccc(/C=C(\C#N)C(=O)NCc3ccccc3)o2)c1. The first-order valence-electron chi connectivity index (χ1n) is 9.42. The Balaban J connectivity index is 1.73. The summed E-state index contributed by atoms with van der Waals surface area (Å²) in [6, 6.07) is 21.6. The van der Waals surface area contributed by atoms with Crippen molar-refractivity contribution in [3.8, 4) is 17.4 Å². The van der Waals surface area contributed by atoms with Crippen molar-refractivity contribution < 1.29 is 18.7 Å². The molecule has 0 atom stereocenters. The molecule has 0 radical (unpaired) electrons. The van der Waals surface area contributed by atoms with Crippen LogP contribution in [0.4, 0.5) is 0 Å². The molecule has 0 saturated heterocycles. The Labute approximate surface area is 174 Å². The predicted molar refractivity (Wildman–Crippen MR) is 112 cm³/mol. The molecule has 0 fully saturated rings. The van der Waals surface area contributed by atoms with Crippen LogP contribution in [0.25, 0.3) is 17.4 Å². The van der Waals surface area contributed by atoms with Crippen molar-refractivity contribution in [2.75, 3.05) is 6.61 Å². The maximum atomic E-state index is 12.3. The molecule has 0 aliphatic heterocycles. The number of hydrogen-bond donors (Lipinski definition) is 1. The molecular weight excluding hydrogens is 380 g/mol. The third-order valence-corrected chi connectivity index (χ3v) is 4.23. The van der Waals surface area contributed by atoms with Crippen molar-refractivity contribution >= 4 is 18.0 Å². The number of ether oxygens (including phenoxy) is 1. The number of nitrogens with zero attached hydrogens (tertiary/aromatic N) is 1.